The van der Waals surface area contributed by atoms with Gasteiger partial charge in [0.25, 0.3) is 5.91 Å². The van der Waals surface area contributed by atoms with Gasteiger partial charge in [0.2, 0.25) is 0 Å². The Labute approximate surface area is 191 Å². The predicted molar refractivity (Wildman–Crippen MR) is 125 cm³/mol. The van der Waals surface area contributed by atoms with Crippen molar-refractivity contribution in [3.63, 3.8) is 0 Å². The lowest BCUT2D eigenvalue weighted by Crippen LogP contribution is -2.17. The van der Waals surface area contributed by atoms with Crippen molar-refractivity contribution in [3.8, 4) is 11.5 Å². The second-order valence-electron chi connectivity index (χ2n) is 6.95. The first-order valence-electron chi connectivity index (χ1n) is 9.53. The van der Waals surface area contributed by atoms with E-state index in [-0.39, 0.29) is 5.91 Å². The molecule has 1 N–H and O–H groups in total. The van der Waals surface area contributed by atoms with Gasteiger partial charge in [-0.15, -0.1) is 0 Å². The average Bonchev–Trinajstić information content (AvgIpc) is 2.75. The Balaban J connectivity index is 1.63. The van der Waals surface area contributed by atoms with Crippen LogP contribution in [0.2, 0.25) is 10.0 Å². The van der Waals surface area contributed by atoms with Gasteiger partial charge in [-0.25, -0.2) is 5.43 Å². The summed E-state index contributed by atoms with van der Waals surface area (Å²) in [6, 6.07) is 16.1. The predicted octanol–water partition coefficient (Wildman–Crippen LogP) is 5.96. The quantitative estimate of drug-likeness (QED) is 0.352. The van der Waals surface area contributed by atoms with Gasteiger partial charge in [-0.3, -0.25) is 4.79 Å². The van der Waals surface area contributed by atoms with Crippen LogP contribution in [0.25, 0.3) is 0 Å². The monoisotopic (exact) mass is 456 g/mol. The van der Waals surface area contributed by atoms with E-state index >= 15 is 0 Å². The Morgan fingerprint density at radius 2 is 1.68 bits per heavy atom. The van der Waals surface area contributed by atoms with E-state index in [9.17, 15) is 4.79 Å². The lowest BCUT2D eigenvalue weighted by molar-refractivity contribution is 0.0955. The van der Waals surface area contributed by atoms with Gasteiger partial charge in [-0.2, -0.15) is 5.10 Å². The Morgan fingerprint density at radius 1 is 1.00 bits per heavy atom. The number of methoxy groups -OCH3 is 1. The molecule has 3 aromatic carbocycles. The molecule has 0 aliphatic heterocycles. The summed E-state index contributed by atoms with van der Waals surface area (Å²) in [5, 5.41) is 5.07. The van der Waals surface area contributed by atoms with Crippen molar-refractivity contribution in [2.45, 2.75) is 20.5 Å². The number of nitrogens with one attached hydrogen (secondary N) is 1. The minimum Gasteiger partial charge on any atom is -0.497 e. The second-order valence-corrected chi connectivity index (χ2v) is 7.76. The molecule has 0 bridgehead atoms. The number of amides is 1. The number of carbonyl (C=O) groups is 1. The highest BCUT2D eigenvalue weighted by Crippen LogP contribution is 2.27. The number of halogens is 2. The molecule has 3 aromatic rings. The molecule has 0 saturated carbocycles. The number of aryl methyl sites for hydroxylation is 2. The zero-order valence-corrected chi connectivity index (χ0v) is 18.9. The third-order valence-corrected chi connectivity index (χ3v) is 5.32. The van der Waals surface area contributed by atoms with E-state index in [0.29, 0.717) is 28.0 Å². The van der Waals surface area contributed by atoms with Crippen molar-refractivity contribution in [2.24, 2.45) is 5.10 Å². The maximum absolute atomic E-state index is 12.2. The lowest BCUT2D eigenvalue weighted by atomic mass is 10.1. The summed E-state index contributed by atoms with van der Waals surface area (Å²) in [5.74, 6) is 1.19. The summed E-state index contributed by atoms with van der Waals surface area (Å²) in [5.41, 5.74) is 6.73. The number of benzene rings is 3. The lowest BCUT2D eigenvalue weighted by Gasteiger charge is -2.13. The molecule has 0 atom stereocenters. The molecule has 7 heteroatoms. The van der Waals surface area contributed by atoms with Crippen molar-refractivity contribution >= 4 is 35.3 Å². The Kier molecular flexibility index (Phi) is 7.55. The van der Waals surface area contributed by atoms with Crippen molar-refractivity contribution < 1.29 is 14.3 Å². The number of hydrogen-bond acceptors (Lipinski definition) is 4. The van der Waals surface area contributed by atoms with E-state index in [1.165, 1.54) is 0 Å². The third-order valence-electron chi connectivity index (χ3n) is 4.58. The topological polar surface area (TPSA) is 59.9 Å². The summed E-state index contributed by atoms with van der Waals surface area (Å²) in [7, 11) is 1.58. The highest BCUT2D eigenvalue weighted by atomic mass is 35.5. The minimum atomic E-state index is -0.297. The Hall–Kier alpha value is -3.02. The van der Waals surface area contributed by atoms with Gasteiger partial charge in [0, 0.05) is 5.56 Å². The molecule has 0 fully saturated rings. The molecule has 0 saturated heterocycles. The van der Waals surface area contributed by atoms with Crippen LogP contribution in [0.5, 0.6) is 11.5 Å². The molecule has 160 valence electrons. The largest absolute Gasteiger partial charge is 0.497 e. The summed E-state index contributed by atoms with van der Waals surface area (Å²) in [6.45, 7) is 4.30. The van der Waals surface area contributed by atoms with Gasteiger partial charge < -0.3 is 9.47 Å². The van der Waals surface area contributed by atoms with Crippen LogP contribution < -0.4 is 14.9 Å². The van der Waals surface area contributed by atoms with Crippen LogP contribution in [0.3, 0.4) is 0 Å². The molecular formula is C24H22Cl2N2O3. The first-order chi connectivity index (χ1) is 14.9. The van der Waals surface area contributed by atoms with Gasteiger partial charge in [0.05, 0.1) is 23.4 Å². The number of rotatable bonds is 7. The molecule has 0 aliphatic rings. The highest BCUT2D eigenvalue weighted by molar-refractivity contribution is 6.42. The standard InChI is InChI=1S/C24H22Cl2N2O3/c1-15-10-18(13-27-28-24(29)19-5-7-20(30-3)8-6-19)11-16(2)23(15)31-14-17-4-9-21(25)22(26)12-17/h4-13H,14H2,1-3H3,(H,28,29)/b27-13-. The number of nitrogens with zero attached hydrogens (tertiary/aromatic N) is 1. The maximum Gasteiger partial charge on any atom is 0.271 e. The molecule has 0 aliphatic carbocycles. The minimum absolute atomic E-state index is 0.297. The fourth-order valence-corrected chi connectivity index (χ4v) is 3.36. The number of carbonyl (C=O) groups excluding carboxylic acids is 1. The van der Waals surface area contributed by atoms with E-state index in [1.54, 1.807) is 49.7 Å². The Morgan fingerprint density at radius 3 is 2.29 bits per heavy atom. The van der Waals surface area contributed by atoms with Gasteiger partial charge in [0.1, 0.15) is 18.1 Å². The van der Waals surface area contributed by atoms with E-state index in [2.05, 4.69) is 10.5 Å². The van der Waals surface area contributed by atoms with Gasteiger partial charge in [0.15, 0.2) is 0 Å². The molecule has 31 heavy (non-hydrogen) atoms. The summed E-state index contributed by atoms with van der Waals surface area (Å²) >= 11 is 12.0. The van der Waals surface area contributed by atoms with Crippen LogP contribution in [0.1, 0.15) is 32.6 Å². The number of ether oxygens (including phenoxy) is 2. The van der Waals surface area contributed by atoms with Crippen molar-refractivity contribution in [1.82, 2.24) is 5.43 Å². The number of hydrogen-bond donors (Lipinski definition) is 1. The third kappa shape index (κ3) is 6.00. The van der Waals surface area contributed by atoms with E-state index in [4.69, 9.17) is 32.7 Å². The zero-order valence-electron chi connectivity index (χ0n) is 17.4. The second kappa shape index (κ2) is 10.3. The number of hydrazone groups is 1. The maximum atomic E-state index is 12.2. The van der Waals surface area contributed by atoms with Crippen LogP contribution in [-0.2, 0) is 6.61 Å². The van der Waals surface area contributed by atoms with E-state index in [1.807, 2.05) is 32.0 Å². The molecule has 0 unspecified atom stereocenters. The molecule has 0 aromatic heterocycles. The summed E-state index contributed by atoms with van der Waals surface area (Å²) in [6.07, 6.45) is 1.60. The SMILES string of the molecule is COc1ccc(C(=O)N/N=C\c2cc(C)c(OCc3ccc(Cl)c(Cl)c3)c(C)c2)cc1. The van der Waals surface area contributed by atoms with Crippen LogP contribution >= 0.6 is 23.2 Å². The van der Waals surface area contributed by atoms with Gasteiger partial charge in [-0.05, 0) is 84.6 Å². The van der Waals surface area contributed by atoms with Crippen molar-refractivity contribution in [2.75, 3.05) is 7.11 Å². The molecule has 1 amide bonds. The van der Waals surface area contributed by atoms with Gasteiger partial charge >= 0.3 is 0 Å². The highest BCUT2D eigenvalue weighted by Gasteiger charge is 2.08. The van der Waals surface area contributed by atoms with Crippen LogP contribution in [0.4, 0.5) is 0 Å². The smallest absolute Gasteiger partial charge is 0.271 e. The van der Waals surface area contributed by atoms with Crippen LogP contribution in [0, 0.1) is 13.8 Å². The Bertz CT molecular complexity index is 1090. The summed E-state index contributed by atoms with van der Waals surface area (Å²) < 4.78 is 11.1. The van der Waals surface area contributed by atoms with E-state index in [0.717, 1.165) is 28.0 Å². The molecule has 5 nitrogen and oxygen atoms in total. The van der Waals surface area contributed by atoms with E-state index < -0.39 is 0 Å². The van der Waals surface area contributed by atoms with Crippen LogP contribution in [-0.4, -0.2) is 19.2 Å². The first kappa shape index (κ1) is 22.7. The average molecular weight is 457 g/mol. The van der Waals surface area contributed by atoms with Gasteiger partial charge in [-0.1, -0.05) is 29.3 Å². The summed E-state index contributed by atoms with van der Waals surface area (Å²) in [4.78, 5) is 12.2. The zero-order chi connectivity index (χ0) is 22.4. The van der Waals surface area contributed by atoms with Crippen LogP contribution in [0.15, 0.2) is 59.7 Å². The van der Waals surface area contributed by atoms with Crippen molar-refractivity contribution in [1.29, 1.82) is 0 Å². The molecule has 0 radical (unpaired) electrons. The van der Waals surface area contributed by atoms with Crippen molar-refractivity contribution in [3.05, 3.63) is 92.5 Å². The molecule has 0 spiro atoms. The molecular weight excluding hydrogens is 435 g/mol. The fraction of sp³-hybridized carbons (Fsp3) is 0.167. The molecule has 3 rings (SSSR count). The first-order valence-corrected chi connectivity index (χ1v) is 10.3. The normalized spacial score (nSPS) is 10.9. The molecule has 0 heterocycles. The fourth-order valence-electron chi connectivity index (χ4n) is 3.04.